The number of aliphatic carboxylic acids is 2. The third kappa shape index (κ3) is 6.73. The van der Waals surface area contributed by atoms with Crippen LogP contribution in [0.4, 0.5) is 11.4 Å². The third-order valence-corrected chi connectivity index (χ3v) is 9.36. The number of halogens is 4. The van der Waals surface area contributed by atoms with Crippen LogP contribution in [0, 0.1) is 0 Å². The van der Waals surface area contributed by atoms with Gasteiger partial charge in [-0.1, -0.05) is 90.6 Å². The van der Waals surface area contributed by atoms with Gasteiger partial charge >= 0.3 is 11.9 Å². The van der Waals surface area contributed by atoms with E-state index in [2.05, 4.69) is 27.7 Å². The van der Waals surface area contributed by atoms with Crippen LogP contribution in [-0.4, -0.2) is 45.5 Å². The summed E-state index contributed by atoms with van der Waals surface area (Å²) in [5.74, 6) is -1.76. The Morgan fingerprint density at radius 2 is 1.33 bits per heavy atom. The Labute approximate surface area is 271 Å². The Morgan fingerprint density at radius 1 is 0.767 bits per heavy atom. The normalized spacial score (nSPS) is 18.0. The first-order valence-electron chi connectivity index (χ1n) is 13.7. The Kier molecular flexibility index (Phi) is 9.87. The van der Waals surface area contributed by atoms with Gasteiger partial charge < -0.3 is 15.1 Å². The van der Waals surface area contributed by atoms with Gasteiger partial charge in [-0.05, 0) is 43.7 Å². The summed E-state index contributed by atoms with van der Waals surface area (Å²) in [5.41, 5.74) is 4.72. The number of anilines is 1. The molecule has 0 aromatic heterocycles. The van der Waals surface area contributed by atoms with E-state index in [0.717, 1.165) is 33.9 Å². The maximum Gasteiger partial charge on any atom is 0.309 e. The quantitative estimate of drug-likeness (QED) is 0.196. The van der Waals surface area contributed by atoms with E-state index >= 15 is 0 Å². The molecule has 0 spiro atoms. The van der Waals surface area contributed by atoms with Gasteiger partial charge in [0.1, 0.15) is 6.42 Å². The van der Waals surface area contributed by atoms with E-state index in [9.17, 15) is 19.8 Å². The maximum absolute atomic E-state index is 11.4. The molecule has 2 N–H and O–H groups in total. The molecule has 2 aromatic rings. The molecule has 2 aromatic carbocycles. The minimum Gasteiger partial charge on any atom is -0.481 e. The van der Waals surface area contributed by atoms with Gasteiger partial charge in [-0.3, -0.25) is 9.59 Å². The average Bonchev–Trinajstić information content (AvgIpc) is 3.24. The lowest BCUT2D eigenvalue weighted by molar-refractivity contribution is -0.436. The van der Waals surface area contributed by atoms with Crippen molar-refractivity contribution in [3.8, 4) is 0 Å². The molecule has 0 bridgehead atoms. The van der Waals surface area contributed by atoms with Crippen LogP contribution in [0.25, 0.3) is 0 Å². The molecule has 2 aliphatic heterocycles. The molecule has 0 radical (unpaired) electrons. The van der Waals surface area contributed by atoms with E-state index < -0.39 is 22.8 Å². The van der Waals surface area contributed by atoms with Gasteiger partial charge in [0.2, 0.25) is 5.69 Å². The maximum atomic E-state index is 11.4. The van der Waals surface area contributed by atoms with Crippen molar-refractivity contribution in [3.63, 3.8) is 0 Å². The highest BCUT2D eigenvalue weighted by Crippen LogP contribution is 2.50. The highest BCUT2D eigenvalue weighted by Gasteiger charge is 2.45. The van der Waals surface area contributed by atoms with Gasteiger partial charge in [-0.15, -0.1) is 0 Å². The molecular formula is C33H33Cl4N2O4+. The largest absolute Gasteiger partial charge is 0.481 e. The molecule has 4 rings (SSSR count). The molecule has 0 fully saturated rings. The Bertz CT molecular complexity index is 1630. The number of carboxylic acid groups (broad SMARTS) is 2. The summed E-state index contributed by atoms with van der Waals surface area (Å²) >= 11 is 25.3. The predicted octanol–water partition coefficient (Wildman–Crippen LogP) is 8.98. The van der Waals surface area contributed by atoms with Crippen molar-refractivity contribution >= 4 is 75.4 Å². The number of hydrogen-bond donors (Lipinski definition) is 2. The second-order valence-electron chi connectivity index (χ2n) is 11.5. The summed E-state index contributed by atoms with van der Waals surface area (Å²) in [6, 6.07) is 7.29. The van der Waals surface area contributed by atoms with Crippen LogP contribution >= 0.6 is 46.4 Å². The van der Waals surface area contributed by atoms with Crippen molar-refractivity contribution in [3.05, 3.63) is 104 Å². The molecule has 0 saturated carbocycles. The zero-order chi connectivity index (χ0) is 31.7. The van der Waals surface area contributed by atoms with E-state index in [1.54, 1.807) is 12.1 Å². The van der Waals surface area contributed by atoms with Crippen LogP contribution in [0.15, 0.2) is 72.5 Å². The molecule has 226 valence electrons. The second-order valence-corrected chi connectivity index (χ2v) is 13.1. The van der Waals surface area contributed by atoms with Gasteiger partial charge in [-0.25, -0.2) is 0 Å². The van der Waals surface area contributed by atoms with Crippen LogP contribution in [0.5, 0.6) is 0 Å². The van der Waals surface area contributed by atoms with E-state index in [4.69, 9.17) is 46.4 Å². The number of allylic oxidation sites excluding steroid dienone is 8. The molecule has 10 heteroatoms. The standard InChI is InChI=1S/C33H32Cl4N2O4/c1-32(2)20-16-22(34)24(36)18-26(20)38(14-12-30(40)41)28(32)10-8-6-5-7-9-11-29-33(3,4)21-17-23(35)25(37)19-27(21)39(29)15-13-31(42)43/h5-11,16-19H,12-15H2,1-4H3,(H-,40,41,42,43)/p+1. The van der Waals surface area contributed by atoms with Crippen molar-refractivity contribution in [2.24, 2.45) is 0 Å². The van der Waals surface area contributed by atoms with Crippen LogP contribution in [0.3, 0.4) is 0 Å². The van der Waals surface area contributed by atoms with E-state index in [1.807, 2.05) is 64.1 Å². The van der Waals surface area contributed by atoms with E-state index in [1.165, 1.54) is 0 Å². The summed E-state index contributed by atoms with van der Waals surface area (Å²) < 4.78 is 1.99. The first-order valence-corrected chi connectivity index (χ1v) is 15.2. The highest BCUT2D eigenvalue weighted by molar-refractivity contribution is 6.42. The number of rotatable bonds is 10. The zero-order valence-electron chi connectivity index (χ0n) is 24.3. The summed E-state index contributed by atoms with van der Waals surface area (Å²) in [6.07, 6.45) is 13.4. The number of hydrogen-bond acceptors (Lipinski definition) is 3. The SMILES string of the molecule is CC1(C)C(/C=C/C=C/C=C/C=C2/N(CCC(=O)O)c3cc(Cl)c(Cl)cc3C2(C)C)=[N+](CCC(=O)O)c2cc(Cl)c(Cl)cc21. The predicted molar refractivity (Wildman–Crippen MR) is 176 cm³/mol. The van der Waals surface area contributed by atoms with Gasteiger partial charge in [-0.2, -0.15) is 4.58 Å². The monoisotopic (exact) mass is 661 g/mol. The highest BCUT2D eigenvalue weighted by atomic mass is 35.5. The molecule has 43 heavy (non-hydrogen) atoms. The zero-order valence-corrected chi connectivity index (χ0v) is 27.3. The van der Waals surface area contributed by atoms with Crippen molar-refractivity contribution in [2.45, 2.75) is 51.4 Å². The fourth-order valence-electron chi connectivity index (χ4n) is 5.71. The van der Waals surface area contributed by atoms with Gasteiger partial charge in [0, 0.05) is 41.1 Å². The van der Waals surface area contributed by atoms with Crippen molar-refractivity contribution in [1.82, 2.24) is 0 Å². The van der Waals surface area contributed by atoms with E-state index in [0.29, 0.717) is 33.2 Å². The number of fused-ring (bicyclic) bond motifs is 2. The Morgan fingerprint density at radius 3 is 1.98 bits per heavy atom. The third-order valence-electron chi connectivity index (χ3n) is 7.92. The lowest BCUT2D eigenvalue weighted by Gasteiger charge is -2.26. The average molecular weight is 663 g/mol. The number of carbonyl (C=O) groups is 2. The fraction of sp³-hybridized carbons (Fsp3) is 0.303. The molecule has 0 unspecified atom stereocenters. The van der Waals surface area contributed by atoms with Crippen LogP contribution in [0.1, 0.15) is 51.7 Å². The molecular weight excluding hydrogens is 630 g/mol. The van der Waals surface area contributed by atoms with E-state index in [-0.39, 0.29) is 12.8 Å². The lowest BCUT2D eigenvalue weighted by Crippen LogP contribution is -2.28. The first-order chi connectivity index (χ1) is 20.2. The summed E-state index contributed by atoms with van der Waals surface area (Å²) in [6.45, 7) is 8.89. The van der Waals surface area contributed by atoms with Crippen molar-refractivity contribution in [2.75, 3.05) is 18.0 Å². The van der Waals surface area contributed by atoms with Gasteiger partial charge in [0.25, 0.3) is 0 Å². The van der Waals surface area contributed by atoms with Crippen LogP contribution < -0.4 is 4.90 Å². The Hall–Kier alpha value is -3.03. The molecule has 2 heterocycles. The van der Waals surface area contributed by atoms with Crippen molar-refractivity contribution in [1.29, 1.82) is 0 Å². The van der Waals surface area contributed by atoms with Crippen molar-refractivity contribution < 1.29 is 24.4 Å². The molecule has 0 aliphatic carbocycles. The molecule has 0 atom stereocenters. The number of nitrogens with zero attached hydrogens (tertiary/aromatic N) is 2. The summed E-state index contributed by atoms with van der Waals surface area (Å²) in [5, 5.41) is 20.4. The first kappa shape index (κ1) is 32.9. The van der Waals surface area contributed by atoms with Crippen LogP contribution in [0.2, 0.25) is 20.1 Å². The molecule has 0 amide bonds. The number of carboxylic acids is 2. The minimum absolute atomic E-state index is 0.0253. The van der Waals surface area contributed by atoms with Gasteiger partial charge in [0.15, 0.2) is 12.3 Å². The summed E-state index contributed by atoms with van der Waals surface area (Å²) in [7, 11) is 0. The summed E-state index contributed by atoms with van der Waals surface area (Å²) in [4.78, 5) is 24.7. The molecule has 0 saturated heterocycles. The van der Waals surface area contributed by atoms with Gasteiger partial charge in [0.05, 0.1) is 31.9 Å². The molecule has 6 nitrogen and oxygen atoms in total. The number of benzene rings is 2. The second kappa shape index (κ2) is 12.9. The molecule has 2 aliphatic rings. The fourth-order valence-corrected chi connectivity index (χ4v) is 6.35. The topological polar surface area (TPSA) is 80.9 Å². The smallest absolute Gasteiger partial charge is 0.309 e. The van der Waals surface area contributed by atoms with Crippen LogP contribution in [-0.2, 0) is 20.4 Å². The lowest BCUT2D eigenvalue weighted by atomic mass is 9.81. The minimum atomic E-state index is -0.880. The Balaban J connectivity index is 1.59.